The number of ether oxygens (including phenoxy) is 1. The molecule has 7 nitrogen and oxygen atoms in total. The van der Waals surface area contributed by atoms with Crippen LogP contribution < -0.4 is 5.32 Å². The molecule has 1 rings (SSSR count). The van der Waals surface area contributed by atoms with Crippen molar-refractivity contribution in [1.29, 1.82) is 0 Å². The van der Waals surface area contributed by atoms with Crippen molar-refractivity contribution in [3.63, 3.8) is 0 Å². The lowest BCUT2D eigenvalue weighted by atomic mass is 9.84. The van der Waals surface area contributed by atoms with Gasteiger partial charge in [-0.15, -0.1) is 0 Å². The van der Waals surface area contributed by atoms with Gasteiger partial charge in [-0.05, 0) is 51.6 Å². The molecule has 2 amide bonds. The van der Waals surface area contributed by atoms with Crippen LogP contribution in [0, 0.1) is 11.3 Å². The summed E-state index contributed by atoms with van der Waals surface area (Å²) in [6.07, 6.45) is 4.70. The van der Waals surface area contributed by atoms with Crippen molar-refractivity contribution in [2.24, 2.45) is 11.3 Å². The normalized spacial score (nSPS) is 20.2. The molecule has 178 valence electrons. The van der Waals surface area contributed by atoms with Gasteiger partial charge in [0.2, 0.25) is 11.8 Å². The number of piperidine rings is 1. The third-order valence-electron chi connectivity index (χ3n) is 5.97. The summed E-state index contributed by atoms with van der Waals surface area (Å²) in [5, 5.41) is 3.04. The second-order valence-electron chi connectivity index (χ2n) is 10.1. The summed E-state index contributed by atoms with van der Waals surface area (Å²) in [5.41, 5.74) is 0.00994. The second-order valence-corrected chi connectivity index (χ2v) is 10.1. The summed E-state index contributed by atoms with van der Waals surface area (Å²) >= 11 is 0. The fraction of sp³-hybridized carbons (Fsp3) is 0.792. The zero-order valence-corrected chi connectivity index (χ0v) is 20.9. The maximum absolute atomic E-state index is 13.6. The number of hydrogen-bond acceptors (Lipinski definition) is 5. The Hall–Kier alpha value is -1.89. The minimum absolute atomic E-state index is 0.0825. The first-order chi connectivity index (χ1) is 14.3. The molecule has 1 saturated heterocycles. The molecule has 7 heteroatoms. The molecule has 1 aliphatic heterocycles. The molecule has 0 aromatic carbocycles. The van der Waals surface area contributed by atoms with E-state index in [1.165, 1.54) is 0 Å². The van der Waals surface area contributed by atoms with Crippen LogP contribution in [0.25, 0.3) is 0 Å². The molecule has 0 bridgehead atoms. The number of nitrogens with one attached hydrogen (secondary N) is 1. The van der Waals surface area contributed by atoms with Crippen molar-refractivity contribution >= 4 is 17.8 Å². The van der Waals surface area contributed by atoms with E-state index in [1.807, 2.05) is 41.7 Å². The number of amides is 2. The Morgan fingerprint density at radius 3 is 2.32 bits per heavy atom. The van der Waals surface area contributed by atoms with E-state index in [2.05, 4.69) is 10.2 Å². The molecule has 0 aliphatic carbocycles. The number of likely N-dealkylation sites (tertiary alicyclic amines) is 1. The topological polar surface area (TPSA) is 79.0 Å². The third kappa shape index (κ3) is 7.63. The Bertz CT molecular complexity index is 666. The van der Waals surface area contributed by atoms with E-state index in [1.54, 1.807) is 31.9 Å². The summed E-state index contributed by atoms with van der Waals surface area (Å²) in [4.78, 5) is 42.4. The average Bonchev–Trinajstić information content (AvgIpc) is 2.68. The standard InChI is InChI=1S/C24H43N3O4/c1-10-31-23(30)17(4)15-19(16(2)3)27(9)22(29)20(24(5,6)7)25-21(28)18-13-11-12-14-26(18)8/h15-16,18-20H,10-14H2,1-9H3,(H,25,28)/b17-15+/t18-,19+,20-/m1/s1. The molecule has 3 atom stereocenters. The van der Waals surface area contributed by atoms with Crippen LogP contribution in [0.5, 0.6) is 0 Å². The maximum atomic E-state index is 13.6. The Balaban J connectivity index is 3.10. The van der Waals surface area contributed by atoms with Crippen LogP contribution in [0.2, 0.25) is 0 Å². The van der Waals surface area contributed by atoms with Crippen LogP contribution >= 0.6 is 0 Å². The summed E-state index contributed by atoms with van der Waals surface area (Å²) in [6.45, 7) is 14.5. The van der Waals surface area contributed by atoms with Crippen LogP contribution in [0.15, 0.2) is 11.6 Å². The molecule has 0 aromatic rings. The molecule has 1 aliphatic rings. The zero-order chi connectivity index (χ0) is 23.9. The van der Waals surface area contributed by atoms with Gasteiger partial charge in [0.05, 0.1) is 18.7 Å². The summed E-state index contributed by atoms with van der Waals surface area (Å²) in [7, 11) is 3.70. The van der Waals surface area contributed by atoms with Crippen molar-refractivity contribution in [1.82, 2.24) is 15.1 Å². The SMILES string of the molecule is CCOC(=O)/C(C)=C/[C@@H](C(C)C)N(C)C(=O)[C@@H](NC(=O)[C@H]1CCCCN1C)C(C)(C)C. The largest absolute Gasteiger partial charge is 0.463 e. The molecular formula is C24H43N3O4. The minimum Gasteiger partial charge on any atom is -0.463 e. The molecule has 31 heavy (non-hydrogen) atoms. The highest BCUT2D eigenvalue weighted by Gasteiger charge is 2.39. The van der Waals surface area contributed by atoms with E-state index >= 15 is 0 Å². The van der Waals surface area contributed by atoms with E-state index in [-0.39, 0.29) is 35.8 Å². The third-order valence-corrected chi connectivity index (χ3v) is 5.97. The predicted octanol–water partition coefficient (Wildman–Crippen LogP) is 2.99. The fourth-order valence-corrected chi connectivity index (χ4v) is 3.96. The highest BCUT2D eigenvalue weighted by atomic mass is 16.5. The van der Waals surface area contributed by atoms with Gasteiger partial charge in [0.15, 0.2) is 0 Å². The number of hydrogen-bond donors (Lipinski definition) is 1. The Kier molecular flexibility index (Phi) is 10.2. The molecule has 0 unspecified atom stereocenters. The molecule has 1 N–H and O–H groups in total. The first-order valence-corrected chi connectivity index (χ1v) is 11.4. The van der Waals surface area contributed by atoms with E-state index in [0.29, 0.717) is 12.2 Å². The van der Waals surface area contributed by atoms with Gasteiger partial charge in [-0.2, -0.15) is 0 Å². The zero-order valence-electron chi connectivity index (χ0n) is 20.9. The van der Waals surface area contributed by atoms with Crippen LogP contribution in [0.3, 0.4) is 0 Å². The lowest BCUT2D eigenvalue weighted by molar-refractivity contribution is -0.141. The van der Waals surface area contributed by atoms with Crippen molar-refractivity contribution in [3.05, 3.63) is 11.6 Å². The average molecular weight is 438 g/mol. The number of carbonyl (C=O) groups excluding carboxylic acids is 3. The van der Waals surface area contributed by atoms with Gasteiger partial charge in [0.25, 0.3) is 0 Å². The number of nitrogens with zero attached hydrogens (tertiary/aromatic N) is 2. The number of rotatable bonds is 8. The van der Waals surface area contributed by atoms with Gasteiger partial charge < -0.3 is 15.0 Å². The lowest BCUT2D eigenvalue weighted by Crippen LogP contribution is -2.59. The van der Waals surface area contributed by atoms with Crippen LogP contribution in [-0.2, 0) is 19.1 Å². The molecule has 0 aromatic heterocycles. The van der Waals surface area contributed by atoms with Crippen molar-refractivity contribution in [3.8, 4) is 0 Å². The van der Waals surface area contributed by atoms with Gasteiger partial charge in [-0.3, -0.25) is 14.5 Å². The Labute approximate surface area is 188 Å². The van der Waals surface area contributed by atoms with Gasteiger partial charge >= 0.3 is 5.97 Å². The molecule has 0 spiro atoms. The number of esters is 1. The van der Waals surface area contributed by atoms with E-state index in [0.717, 1.165) is 25.8 Å². The van der Waals surface area contributed by atoms with E-state index < -0.39 is 11.5 Å². The summed E-state index contributed by atoms with van der Waals surface area (Å²) < 4.78 is 5.08. The van der Waals surface area contributed by atoms with Gasteiger partial charge in [-0.25, -0.2) is 4.79 Å². The quantitative estimate of drug-likeness (QED) is 0.466. The van der Waals surface area contributed by atoms with Crippen molar-refractivity contribution < 1.29 is 19.1 Å². The second kappa shape index (κ2) is 11.7. The highest BCUT2D eigenvalue weighted by Crippen LogP contribution is 2.25. The lowest BCUT2D eigenvalue weighted by Gasteiger charge is -2.39. The molecule has 0 saturated carbocycles. The first kappa shape index (κ1) is 27.1. The van der Waals surface area contributed by atoms with Gasteiger partial charge in [-0.1, -0.05) is 47.1 Å². The van der Waals surface area contributed by atoms with Crippen LogP contribution in [0.4, 0.5) is 0 Å². The Morgan fingerprint density at radius 2 is 1.84 bits per heavy atom. The Morgan fingerprint density at radius 1 is 1.23 bits per heavy atom. The van der Waals surface area contributed by atoms with Crippen LogP contribution in [-0.4, -0.2) is 73.0 Å². The maximum Gasteiger partial charge on any atom is 0.333 e. The fourth-order valence-electron chi connectivity index (χ4n) is 3.96. The highest BCUT2D eigenvalue weighted by molar-refractivity contribution is 5.91. The van der Waals surface area contributed by atoms with E-state index in [4.69, 9.17) is 4.74 Å². The monoisotopic (exact) mass is 437 g/mol. The minimum atomic E-state index is -0.669. The van der Waals surface area contributed by atoms with Gasteiger partial charge in [0.1, 0.15) is 6.04 Å². The number of carbonyl (C=O) groups is 3. The molecule has 1 fully saturated rings. The van der Waals surface area contributed by atoms with Crippen molar-refractivity contribution in [2.45, 2.75) is 85.9 Å². The number of likely N-dealkylation sites (N-methyl/N-ethyl adjacent to an activating group) is 2. The molecule has 0 radical (unpaired) electrons. The summed E-state index contributed by atoms with van der Waals surface area (Å²) in [5.74, 6) is -0.553. The van der Waals surface area contributed by atoms with Crippen LogP contribution in [0.1, 0.15) is 67.7 Å². The van der Waals surface area contributed by atoms with Gasteiger partial charge in [0, 0.05) is 12.6 Å². The smallest absolute Gasteiger partial charge is 0.333 e. The predicted molar refractivity (Wildman–Crippen MR) is 123 cm³/mol. The van der Waals surface area contributed by atoms with Crippen molar-refractivity contribution in [2.75, 3.05) is 27.2 Å². The summed E-state index contributed by atoms with van der Waals surface area (Å²) in [6, 6.07) is -1.17. The first-order valence-electron chi connectivity index (χ1n) is 11.4. The molecular weight excluding hydrogens is 394 g/mol. The molecule has 1 heterocycles. The van der Waals surface area contributed by atoms with E-state index in [9.17, 15) is 14.4 Å².